The molecule has 1 aliphatic heterocycles. The molecule has 4 heteroatoms. The molecule has 1 saturated heterocycles. The minimum atomic E-state index is 0.623. The molecule has 1 aliphatic rings. The zero-order chi connectivity index (χ0) is 11.4. The molecule has 1 aromatic carbocycles. The van der Waals surface area contributed by atoms with Gasteiger partial charge in [0.2, 0.25) is 0 Å². The molecule has 88 valence electrons. The minimum Gasteiger partial charge on any atom is -0.382 e. The second-order valence-electron chi connectivity index (χ2n) is 3.88. The van der Waals surface area contributed by atoms with Crippen LogP contribution in [0.15, 0.2) is 23.1 Å². The Kier molecular flexibility index (Phi) is 4.74. The first-order valence-corrected chi connectivity index (χ1v) is 8.23. The van der Waals surface area contributed by atoms with Crippen LogP contribution < -0.4 is 5.32 Å². The summed E-state index contributed by atoms with van der Waals surface area (Å²) in [7, 11) is 0. The molecule has 1 nitrogen and oxygen atoms in total. The molecule has 0 radical (unpaired) electrons. The Morgan fingerprint density at radius 3 is 2.75 bits per heavy atom. The number of rotatable bonds is 3. The molecular weight excluding hydrogens is 258 g/mol. The third kappa shape index (κ3) is 3.25. The summed E-state index contributed by atoms with van der Waals surface area (Å²) in [6.07, 6.45) is 4.56. The maximum absolute atomic E-state index is 6.18. The van der Waals surface area contributed by atoms with E-state index in [0.29, 0.717) is 6.04 Å². The number of benzene rings is 1. The van der Waals surface area contributed by atoms with E-state index in [0.717, 1.165) is 15.6 Å². The number of hydrogen-bond acceptors (Lipinski definition) is 3. The highest BCUT2D eigenvalue weighted by Crippen LogP contribution is 2.29. The Hall–Kier alpha value is 0.01000. The van der Waals surface area contributed by atoms with Crippen molar-refractivity contribution in [2.24, 2.45) is 0 Å². The first kappa shape index (κ1) is 12.5. The van der Waals surface area contributed by atoms with Gasteiger partial charge in [0.25, 0.3) is 0 Å². The molecule has 1 heterocycles. The van der Waals surface area contributed by atoms with Gasteiger partial charge in [0, 0.05) is 16.6 Å². The van der Waals surface area contributed by atoms with Gasteiger partial charge in [0.15, 0.2) is 0 Å². The van der Waals surface area contributed by atoms with Gasteiger partial charge in [-0.2, -0.15) is 11.8 Å². The maximum atomic E-state index is 6.18. The normalized spacial score (nSPS) is 17.4. The minimum absolute atomic E-state index is 0.623. The van der Waals surface area contributed by atoms with Crippen molar-refractivity contribution in [3.05, 3.63) is 23.2 Å². The second kappa shape index (κ2) is 6.08. The molecular formula is C12H16ClNS2. The van der Waals surface area contributed by atoms with Crippen LogP contribution in [0.3, 0.4) is 0 Å². The second-order valence-corrected chi connectivity index (χ2v) is 6.36. The first-order chi connectivity index (χ1) is 7.79. The van der Waals surface area contributed by atoms with Crippen molar-refractivity contribution in [3.63, 3.8) is 0 Å². The van der Waals surface area contributed by atoms with E-state index in [1.54, 1.807) is 11.8 Å². The zero-order valence-corrected chi connectivity index (χ0v) is 11.7. The van der Waals surface area contributed by atoms with Crippen LogP contribution in [0.2, 0.25) is 5.02 Å². The van der Waals surface area contributed by atoms with Crippen LogP contribution in [-0.2, 0) is 0 Å². The predicted molar refractivity (Wildman–Crippen MR) is 77.2 cm³/mol. The molecule has 2 rings (SSSR count). The Labute approximate surface area is 111 Å². The maximum Gasteiger partial charge on any atom is 0.0562 e. The number of thioether (sulfide) groups is 2. The monoisotopic (exact) mass is 273 g/mol. The van der Waals surface area contributed by atoms with Crippen LogP contribution in [0.5, 0.6) is 0 Å². The molecule has 0 aromatic heterocycles. The van der Waals surface area contributed by atoms with Gasteiger partial charge in [-0.15, -0.1) is 11.8 Å². The van der Waals surface area contributed by atoms with Crippen molar-refractivity contribution >= 4 is 40.8 Å². The van der Waals surface area contributed by atoms with Crippen LogP contribution in [0.1, 0.15) is 12.8 Å². The lowest BCUT2D eigenvalue weighted by Crippen LogP contribution is -2.24. The molecule has 0 saturated carbocycles. The van der Waals surface area contributed by atoms with Crippen LogP contribution in [0.4, 0.5) is 5.69 Å². The Balaban J connectivity index is 2.01. The number of nitrogens with one attached hydrogen (secondary N) is 1. The predicted octanol–water partition coefficient (Wildman–Crippen LogP) is 4.37. The smallest absolute Gasteiger partial charge is 0.0562 e. The van der Waals surface area contributed by atoms with Gasteiger partial charge in [-0.1, -0.05) is 11.6 Å². The Morgan fingerprint density at radius 1 is 1.38 bits per heavy atom. The molecule has 0 spiro atoms. The highest BCUT2D eigenvalue weighted by Gasteiger charge is 2.13. The fraction of sp³-hybridized carbons (Fsp3) is 0.500. The Morgan fingerprint density at radius 2 is 2.12 bits per heavy atom. The van der Waals surface area contributed by atoms with E-state index < -0.39 is 0 Å². The highest BCUT2D eigenvalue weighted by atomic mass is 35.5. The summed E-state index contributed by atoms with van der Waals surface area (Å²) in [6.45, 7) is 0. The van der Waals surface area contributed by atoms with Crippen molar-refractivity contribution in [1.29, 1.82) is 0 Å². The van der Waals surface area contributed by atoms with Gasteiger partial charge < -0.3 is 5.32 Å². The van der Waals surface area contributed by atoms with E-state index in [9.17, 15) is 0 Å². The number of anilines is 1. The average molecular weight is 274 g/mol. The fourth-order valence-corrected chi connectivity index (χ4v) is 3.81. The van der Waals surface area contributed by atoms with E-state index in [2.05, 4.69) is 17.4 Å². The van der Waals surface area contributed by atoms with Crippen LogP contribution in [-0.4, -0.2) is 23.8 Å². The van der Waals surface area contributed by atoms with Crippen molar-refractivity contribution < 1.29 is 0 Å². The summed E-state index contributed by atoms with van der Waals surface area (Å²) in [5.41, 5.74) is 1.15. The quantitative estimate of drug-likeness (QED) is 0.822. The van der Waals surface area contributed by atoms with Gasteiger partial charge in [-0.3, -0.25) is 0 Å². The summed E-state index contributed by atoms with van der Waals surface area (Å²) < 4.78 is 0. The number of hydrogen-bond donors (Lipinski definition) is 1. The zero-order valence-electron chi connectivity index (χ0n) is 9.33. The van der Waals surface area contributed by atoms with Gasteiger partial charge in [0.1, 0.15) is 0 Å². The van der Waals surface area contributed by atoms with Gasteiger partial charge in [-0.25, -0.2) is 0 Å². The van der Waals surface area contributed by atoms with Gasteiger partial charge in [-0.05, 0) is 48.8 Å². The van der Waals surface area contributed by atoms with Crippen LogP contribution >= 0.6 is 35.1 Å². The average Bonchev–Trinajstić information content (AvgIpc) is 2.31. The molecule has 1 aromatic rings. The third-order valence-corrected chi connectivity index (χ3v) is 5.01. The van der Waals surface area contributed by atoms with E-state index in [4.69, 9.17) is 11.6 Å². The molecule has 0 unspecified atom stereocenters. The molecule has 0 amide bonds. The lowest BCUT2D eigenvalue weighted by Gasteiger charge is -2.23. The fourth-order valence-electron chi connectivity index (χ4n) is 1.83. The Bertz CT molecular complexity index is 351. The molecule has 16 heavy (non-hydrogen) atoms. The highest BCUT2D eigenvalue weighted by molar-refractivity contribution is 7.99. The standard InChI is InChI=1S/C12H16ClNS2/c1-15-12-3-2-10(8-11(12)13)14-9-4-6-16-7-5-9/h2-3,8-9,14H,4-7H2,1H3. The largest absolute Gasteiger partial charge is 0.382 e. The van der Waals surface area contributed by atoms with Crippen LogP contribution in [0, 0.1) is 0 Å². The van der Waals surface area contributed by atoms with Crippen molar-refractivity contribution in [2.45, 2.75) is 23.8 Å². The van der Waals surface area contributed by atoms with E-state index in [1.807, 2.05) is 24.1 Å². The van der Waals surface area contributed by atoms with Crippen LogP contribution in [0.25, 0.3) is 0 Å². The van der Waals surface area contributed by atoms with Gasteiger partial charge >= 0.3 is 0 Å². The van der Waals surface area contributed by atoms with Gasteiger partial charge in [0.05, 0.1) is 5.02 Å². The van der Waals surface area contributed by atoms with Crippen molar-refractivity contribution in [1.82, 2.24) is 0 Å². The third-order valence-electron chi connectivity index (χ3n) is 2.74. The molecule has 0 atom stereocenters. The lowest BCUT2D eigenvalue weighted by atomic mass is 10.1. The lowest BCUT2D eigenvalue weighted by molar-refractivity contribution is 0.667. The molecule has 1 fully saturated rings. The molecule has 1 N–H and O–H groups in total. The van der Waals surface area contributed by atoms with Crippen molar-refractivity contribution in [3.8, 4) is 0 Å². The summed E-state index contributed by atoms with van der Waals surface area (Å²) in [4.78, 5) is 1.14. The molecule has 0 bridgehead atoms. The topological polar surface area (TPSA) is 12.0 Å². The number of halogens is 1. The van der Waals surface area contributed by atoms with E-state index >= 15 is 0 Å². The summed E-state index contributed by atoms with van der Waals surface area (Å²) in [6, 6.07) is 6.87. The van der Waals surface area contributed by atoms with Crippen molar-refractivity contribution in [2.75, 3.05) is 23.1 Å². The summed E-state index contributed by atoms with van der Waals surface area (Å²) in [5, 5.41) is 4.42. The SMILES string of the molecule is CSc1ccc(NC2CCSCC2)cc1Cl. The molecule has 0 aliphatic carbocycles. The van der Waals surface area contributed by atoms with E-state index in [-0.39, 0.29) is 0 Å². The summed E-state index contributed by atoms with van der Waals surface area (Å²) in [5.74, 6) is 2.54. The van der Waals surface area contributed by atoms with E-state index in [1.165, 1.54) is 24.3 Å². The summed E-state index contributed by atoms with van der Waals surface area (Å²) >= 11 is 9.92. The first-order valence-electron chi connectivity index (χ1n) is 5.47.